The molecule has 1 aromatic heterocycles. The molecule has 0 radical (unpaired) electrons. The Kier molecular flexibility index (Phi) is 10.0. The van der Waals surface area contributed by atoms with Crippen molar-refractivity contribution >= 4 is 23.5 Å². The second-order valence-electron chi connectivity index (χ2n) is 8.74. The highest BCUT2D eigenvalue weighted by molar-refractivity contribution is 5.96. The number of carbonyl (C=O) groups excluding carboxylic acids is 1. The number of hydrogen-bond donors (Lipinski definition) is 2. The standard InChI is InChI=1S/C20H20N4O.2C2HF3O2/c21-12-16-1-3-18(4-2-16)24-15-20(11-19(24)25)7-10-23(14-20)13-17-5-8-22-9-6-17;2*3-2(4,5)1(6)7/h1-6,8-9H,7,10-11,13-15H2;2*(H,6,7). The van der Waals surface area contributed by atoms with Crippen LogP contribution in [-0.4, -0.2) is 69.9 Å². The SMILES string of the molecule is N#Cc1ccc(N2CC3(CCN(Cc4ccncc4)C3)CC2=O)cc1.O=C(O)C(F)(F)F.O=C(O)C(F)(F)F. The number of nitrogens with zero attached hydrogens (tertiary/aromatic N) is 4. The second kappa shape index (κ2) is 12.6. The van der Waals surface area contributed by atoms with Crippen LogP contribution >= 0.6 is 0 Å². The maximum absolute atomic E-state index is 12.6. The van der Waals surface area contributed by atoms with Crippen LogP contribution in [0.25, 0.3) is 0 Å². The van der Waals surface area contributed by atoms with Crippen molar-refractivity contribution in [1.29, 1.82) is 5.26 Å². The Morgan fingerprint density at radius 1 is 0.949 bits per heavy atom. The molecule has 39 heavy (non-hydrogen) atoms. The van der Waals surface area contributed by atoms with Gasteiger partial charge in [0.2, 0.25) is 5.91 Å². The molecule has 2 aliphatic rings. The molecule has 2 saturated heterocycles. The van der Waals surface area contributed by atoms with Crippen molar-refractivity contribution in [2.24, 2.45) is 5.41 Å². The van der Waals surface area contributed by atoms with Crippen LogP contribution < -0.4 is 4.90 Å². The molecular weight excluding hydrogens is 538 g/mol. The molecule has 1 atom stereocenters. The number of pyridine rings is 1. The molecule has 210 valence electrons. The van der Waals surface area contributed by atoms with E-state index in [4.69, 9.17) is 25.1 Å². The third-order valence-corrected chi connectivity index (χ3v) is 5.79. The van der Waals surface area contributed by atoms with Crippen LogP contribution in [0.4, 0.5) is 32.0 Å². The average Bonchev–Trinajstić information content (AvgIpc) is 3.40. The van der Waals surface area contributed by atoms with Gasteiger partial charge in [0, 0.05) is 49.6 Å². The maximum atomic E-state index is 12.6. The number of aliphatic carboxylic acids is 2. The van der Waals surface area contributed by atoms with Gasteiger partial charge in [0.25, 0.3) is 0 Å². The molecule has 9 nitrogen and oxygen atoms in total. The van der Waals surface area contributed by atoms with Crippen LogP contribution in [0.15, 0.2) is 48.8 Å². The molecule has 3 heterocycles. The van der Waals surface area contributed by atoms with Crippen LogP contribution in [0, 0.1) is 16.7 Å². The quantitative estimate of drug-likeness (QED) is 0.541. The minimum absolute atomic E-state index is 0.0536. The fourth-order valence-corrected chi connectivity index (χ4v) is 4.03. The zero-order valence-corrected chi connectivity index (χ0v) is 20.0. The predicted octanol–water partition coefficient (Wildman–Crippen LogP) is 3.85. The Bertz CT molecular complexity index is 1170. The number of benzene rings is 1. The minimum Gasteiger partial charge on any atom is -0.475 e. The second-order valence-corrected chi connectivity index (χ2v) is 8.74. The van der Waals surface area contributed by atoms with Gasteiger partial charge in [-0.05, 0) is 54.9 Å². The molecule has 15 heteroatoms. The van der Waals surface area contributed by atoms with Gasteiger partial charge in [-0.25, -0.2) is 9.59 Å². The summed E-state index contributed by atoms with van der Waals surface area (Å²) in [6.07, 6.45) is -4.85. The van der Waals surface area contributed by atoms with E-state index in [1.165, 1.54) is 5.56 Å². The van der Waals surface area contributed by atoms with Crippen LogP contribution in [0.3, 0.4) is 0 Å². The van der Waals surface area contributed by atoms with E-state index in [0.717, 1.165) is 38.3 Å². The number of hydrogen-bond acceptors (Lipinski definition) is 6. The third-order valence-electron chi connectivity index (χ3n) is 5.79. The van der Waals surface area contributed by atoms with Gasteiger partial charge in [0.1, 0.15) is 0 Å². The molecule has 1 aromatic carbocycles. The number of carboxylic acids is 2. The van der Waals surface area contributed by atoms with E-state index in [0.29, 0.717) is 12.0 Å². The lowest BCUT2D eigenvalue weighted by molar-refractivity contribution is -0.193. The molecule has 1 unspecified atom stereocenters. The molecule has 2 fully saturated rings. The monoisotopic (exact) mass is 560 g/mol. The van der Waals surface area contributed by atoms with Crippen molar-refractivity contribution in [3.8, 4) is 6.07 Å². The van der Waals surface area contributed by atoms with Crippen LogP contribution in [0.1, 0.15) is 24.0 Å². The zero-order chi connectivity index (χ0) is 29.4. The molecule has 1 amide bonds. The highest BCUT2D eigenvalue weighted by Gasteiger charge is 2.47. The van der Waals surface area contributed by atoms with Gasteiger partial charge in [-0.15, -0.1) is 0 Å². The molecule has 2 aromatic rings. The molecule has 4 rings (SSSR count). The largest absolute Gasteiger partial charge is 0.490 e. The Balaban J connectivity index is 0.000000317. The summed E-state index contributed by atoms with van der Waals surface area (Å²) in [7, 11) is 0. The summed E-state index contributed by atoms with van der Waals surface area (Å²) in [6.45, 7) is 3.66. The van der Waals surface area contributed by atoms with E-state index in [-0.39, 0.29) is 11.3 Å². The highest BCUT2D eigenvalue weighted by atomic mass is 19.4. The first-order valence-corrected chi connectivity index (χ1v) is 11.1. The van der Waals surface area contributed by atoms with Crippen LogP contribution in [0.2, 0.25) is 0 Å². The first kappa shape index (κ1) is 31.0. The molecule has 2 N–H and O–H groups in total. The van der Waals surface area contributed by atoms with Gasteiger partial charge >= 0.3 is 24.3 Å². The van der Waals surface area contributed by atoms with Crippen LogP contribution in [-0.2, 0) is 20.9 Å². The van der Waals surface area contributed by atoms with Gasteiger partial charge in [0.15, 0.2) is 0 Å². The summed E-state index contributed by atoms with van der Waals surface area (Å²) < 4.78 is 63.5. The number of carbonyl (C=O) groups is 3. The number of halogens is 6. The van der Waals surface area contributed by atoms with Gasteiger partial charge < -0.3 is 15.1 Å². The number of amides is 1. The number of alkyl halides is 6. The Labute approximate surface area is 217 Å². The van der Waals surface area contributed by atoms with E-state index < -0.39 is 24.3 Å². The van der Waals surface area contributed by atoms with E-state index in [1.807, 2.05) is 41.6 Å². The lowest BCUT2D eigenvalue weighted by Crippen LogP contribution is -2.31. The molecular formula is C24H22F6N4O5. The number of likely N-dealkylation sites (tertiary alicyclic amines) is 1. The Hall–Kier alpha value is -4.19. The van der Waals surface area contributed by atoms with Gasteiger partial charge in [0.05, 0.1) is 11.6 Å². The number of anilines is 1. The van der Waals surface area contributed by atoms with Crippen molar-refractivity contribution in [1.82, 2.24) is 9.88 Å². The van der Waals surface area contributed by atoms with Crippen LogP contribution in [0.5, 0.6) is 0 Å². The maximum Gasteiger partial charge on any atom is 0.490 e. The Morgan fingerprint density at radius 2 is 1.46 bits per heavy atom. The summed E-state index contributed by atoms with van der Waals surface area (Å²) in [6, 6.07) is 13.5. The minimum atomic E-state index is -5.08. The lowest BCUT2D eigenvalue weighted by Gasteiger charge is -2.24. The predicted molar refractivity (Wildman–Crippen MR) is 122 cm³/mol. The molecule has 2 aliphatic heterocycles. The van der Waals surface area contributed by atoms with E-state index in [1.54, 1.807) is 12.1 Å². The van der Waals surface area contributed by atoms with E-state index >= 15 is 0 Å². The molecule has 0 aliphatic carbocycles. The lowest BCUT2D eigenvalue weighted by atomic mass is 9.86. The first-order valence-electron chi connectivity index (χ1n) is 11.1. The summed E-state index contributed by atoms with van der Waals surface area (Å²) in [5, 5.41) is 23.2. The summed E-state index contributed by atoms with van der Waals surface area (Å²) in [5.74, 6) is -5.32. The van der Waals surface area contributed by atoms with E-state index in [9.17, 15) is 31.1 Å². The van der Waals surface area contributed by atoms with Gasteiger partial charge in [-0.1, -0.05) is 0 Å². The highest BCUT2D eigenvalue weighted by Crippen LogP contribution is 2.42. The molecule has 0 bridgehead atoms. The third kappa shape index (κ3) is 9.25. The number of aromatic nitrogens is 1. The first-order chi connectivity index (χ1) is 18.1. The van der Waals surface area contributed by atoms with Crippen molar-refractivity contribution in [3.63, 3.8) is 0 Å². The Morgan fingerprint density at radius 3 is 1.92 bits per heavy atom. The summed E-state index contributed by atoms with van der Waals surface area (Å²) >= 11 is 0. The summed E-state index contributed by atoms with van der Waals surface area (Å²) in [4.78, 5) is 38.8. The van der Waals surface area contributed by atoms with Gasteiger partial charge in [-0.2, -0.15) is 31.6 Å². The smallest absolute Gasteiger partial charge is 0.475 e. The number of rotatable bonds is 3. The number of carboxylic acid groups (broad SMARTS) is 2. The number of nitriles is 1. The van der Waals surface area contributed by atoms with E-state index in [2.05, 4.69) is 16.0 Å². The normalized spacial score (nSPS) is 19.0. The fourth-order valence-electron chi connectivity index (χ4n) is 4.03. The van der Waals surface area contributed by atoms with Crippen molar-refractivity contribution in [2.75, 3.05) is 24.5 Å². The van der Waals surface area contributed by atoms with Crippen molar-refractivity contribution < 1.29 is 50.9 Å². The molecule has 1 spiro atoms. The zero-order valence-electron chi connectivity index (χ0n) is 20.0. The van der Waals surface area contributed by atoms with Gasteiger partial charge in [-0.3, -0.25) is 14.7 Å². The van der Waals surface area contributed by atoms with Crippen molar-refractivity contribution in [2.45, 2.75) is 31.7 Å². The topological polar surface area (TPSA) is 135 Å². The van der Waals surface area contributed by atoms with Crippen molar-refractivity contribution in [3.05, 3.63) is 59.9 Å². The summed E-state index contributed by atoms with van der Waals surface area (Å²) in [5.41, 5.74) is 2.83. The fraction of sp³-hybridized carbons (Fsp3) is 0.375. The average molecular weight is 560 g/mol. The molecule has 0 saturated carbocycles.